The second-order valence-corrected chi connectivity index (χ2v) is 7.21. The molecule has 0 radical (unpaired) electrons. The fraction of sp³-hybridized carbons (Fsp3) is 0.278. The molecule has 1 aromatic heterocycles. The molecule has 0 unspecified atom stereocenters. The molecule has 0 aliphatic rings. The molecule has 25 heavy (non-hydrogen) atoms. The van der Waals surface area contributed by atoms with Crippen molar-refractivity contribution >= 4 is 40.8 Å². The summed E-state index contributed by atoms with van der Waals surface area (Å²) in [5.74, 6) is -1.14. The van der Waals surface area contributed by atoms with E-state index >= 15 is 0 Å². The first-order chi connectivity index (χ1) is 11.7. The first-order valence-electron chi connectivity index (χ1n) is 7.55. The van der Waals surface area contributed by atoms with Gasteiger partial charge in [0, 0.05) is 11.9 Å². The van der Waals surface area contributed by atoms with Gasteiger partial charge in [-0.2, -0.15) is 0 Å². The molecule has 7 heteroatoms. The number of amides is 1. The summed E-state index contributed by atoms with van der Waals surface area (Å²) in [7, 11) is 0. The van der Waals surface area contributed by atoms with Gasteiger partial charge in [0.15, 0.2) is 6.61 Å². The van der Waals surface area contributed by atoms with Crippen LogP contribution < -0.4 is 5.32 Å². The number of benzene rings is 1. The number of nitrogens with zero attached hydrogens (tertiary/aromatic N) is 1. The third-order valence-corrected chi connectivity index (χ3v) is 4.09. The first-order valence-corrected chi connectivity index (χ1v) is 8.31. The molecule has 1 amide bonds. The Labute approximate surface area is 156 Å². The summed E-state index contributed by atoms with van der Waals surface area (Å²) in [5.41, 5.74) is 1.94. The van der Waals surface area contributed by atoms with Gasteiger partial charge in [0.2, 0.25) is 0 Å². The summed E-state index contributed by atoms with van der Waals surface area (Å²) in [6.07, 6.45) is 1.24. The van der Waals surface area contributed by atoms with Crippen molar-refractivity contribution in [3.8, 4) is 0 Å². The number of aromatic nitrogens is 1. The zero-order chi connectivity index (χ0) is 18.6. The standard InChI is InChI=1S/C18H18Cl2N2O3/c1-18(2,3)12-4-6-13(7-5-12)22-15(23)10-25-17(24)11-8-14(19)16(20)21-9-11/h4-9H,10H2,1-3H3,(H,22,23). The molecule has 2 rings (SSSR count). The molecule has 0 aliphatic heterocycles. The summed E-state index contributed by atoms with van der Waals surface area (Å²) in [6.45, 7) is 5.91. The van der Waals surface area contributed by atoms with Gasteiger partial charge in [-0.3, -0.25) is 4.79 Å². The van der Waals surface area contributed by atoms with E-state index in [0.717, 1.165) is 5.56 Å². The lowest BCUT2D eigenvalue weighted by molar-refractivity contribution is -0.119. The summed E-state index contributed by atoms with van der Waals surface area (Å²) in [5, 5.41) is 2.90. The third-order valence-electron chi connectivity index (χ3n) is 3.40. The number of hydrogen-bond donors (Lipinski definition) is 1. The van der Waals surface area contributed by atoms with Crippen molar-refractivity contribution in [2.75, 3.05) is 11.9 Å². The van der Waals surface area contributed by atoms with E-state index < -0.39 is 18.5 Å². The van der Waals surface area contributed by atoms with Crippen LogP contribution in [-0.4, -0.2) is 23.5 Å². The number of ether oxygens (including phenoxy) is 1. The van der Waals surface area contributed by atoms with Gasteiger partial charge in [-0.15, -0.1) is 0 Å². The smallest absolute Gasteiger partial charge is 0.340 e. The van der Waals surface area contributed by atoms with Gasteiger partial charge < -0.3 is 10.1 Å². The number of anilines is 1. The second kappa shape index (κ2) is 7.85. The Morgan fingerprint density at radius 2 is 1.80 bits per heavy atom. The van der Waals surface area contributed by atoms with Crippen LogP contribution in [0, 0.1) is 0 Å². The minimum atomic E-state index is -0.704. The zero-order valence-corrected chi connectivity index (χ0v) is 15.6. The minimum Gasteiger partial charge on any atom is -0.452 e. The van der Waals surface area contributed by atoms with Crippen molar-refractivity contribution in [1.29, 1.82) is 0 Å². The van der Waals surface area contributed by atoms with Gasteiger partial charge in [-0.05, 0) is 29.2 Å². The molecule has 2 aromatic rings. The largest absolute Gasteiger partial charge is 0.452 e. The summed E-state index contributed by atoms with van der Waals surface area (Å²) >= 11 is 11.5. The zero-order valence-electron chi connectivity index (χ0n) is 14.1. The van der Waals surface area contributed by atoms with Gasteiger partial charge in [-0.1, -0.05) is 56.1 Å². The highest BCUT2D eigenvalue weighted by molar-refractivity contribution is 6.41. The minimum absolute atomic E-state index is 0.0337. The average molecular weight is 381 g/mol. The van der Waals surface area contributed by atoms with Gasteiger partial charge >= 0.3 is 5.97 Å². The number of halogens is 2. The Kier molecular flexibility index (Phi) is 6.03. The van der Waals surface area contributed by atoms with Crippen LogP contribution in [0.15, 0.2) is 36.5 Å². The van der Waals surface area contributed by atoms with Crippen LogP contribution >= 0.6 is 23.2 Å². The molecular formula is C18H18Cl2N2O3. The highest BCUT2D eigenvalue weighted by Gasteiger charge is 2.15. The average Bonchev–Trinajstić information content (AvgIpc) is 2.55. The maximum atomic E-state index is 11.9. The van der Waals surface area contributed by atoms with Crippen molar-refractivity contribution in [2.24, 2.45) is 0 Å². The SMILES string of the molecule is CC(C)(C)c1ccc(NC(=O)COC(=O)c2cnc(Cl)c(Cl)c2)cc1. The van der Waals surface area contributed by atoms with Crippen molar-refractivity contribution < 1.29 is 14.3 Å². The Hall–Kier alpha value is -2.11. The Bertz CT molecular complexity index is 784. The van der Waals surface area contributed by atoms with Gasteiger partial charge in [0.05, 0.1) is 10.6 Å². The fourth-order valence-electron chi connectivity index (χ4n) is 2.00. The van der Waals surface area contributed by atoms with E-state index in [1.54, 1.807) is 0 Å². The monoisotopic (exact) mass is 380 g/mol. The maximum Gasteiger partial charge on any atom is 0.340 e. The molecule has 1 N–H and O–H groups in total. The molecule has 0 spiro atoms. The lowest BCUT2D eigenvalue weighted by atomic mass is 9.87. The first kappa shape index (κ1) is 19.2. The molecule has 0 atom stereocenters. The van der Waals surface area contributed by atoms with E-state index in [-0.39, 0.29) is 21.2 Å². The number of hydrogen-bond acceptors (Lipinski definition) is 4. The molecule has 0 bridgehead atoms. The topological polar surface area (TPSA) is 68.3 Å². The number of pyridine rings is 1. The molecule has 0 fully saturated rings. The van der Waals surface area contributed by atoms with Crippen LogP contribution in [0.2, 0.25) is 10.2 Å². The van der Waals surface area contributed by atoms with Crippen molar-refractivity contribution in [1.82, 2.24) is 4.98 Å². The van der Waals surface area contributed by atoms with E-state index in [2.05, 4.69) is 31.1 Å². The number of carbonyl (C=O) groups is 2. The predicted octanol–water partition coefficient (Wildman–Crippen LogP) is 4.48. The van der Waals surface area contributed by atoms with Gasteiger partial charge in [0.25, 0.3) is 5.91 Å². The Morgan fingerprint density at radius 1 is 1.16 bits per heavy atom. The number of carbonyl (C=O) groups excluding carboxylic acids is 2. The third kappa shape index (κ3) is 5.44. The summed E-state index contributed by atoms with van der Waals surface area (Å²) < 4.78 is 4.94. The predicted molar refractivity (Wildman–Crippen MR) is 98.3 cm³/mol. The van der Waals surface area contributed by atoms with Crippen molar-refractivity contribution in [2.45, 2.75) is 26.2 Å². The van der Waals surface area contributed by atoms with Crippen LogP contribution in [0.3, 0.4) is 0 Å². The molecule has 132 valence electrons. The van der Waals surface area contributed by atoms with Crippen LogP contribution in [0.25, 0.3) is 0 Å². The van der Waals surface area contributed by atoms with E-state index in [1.165, 1.54) is 12.3 Å². The van der Waals surface area contributed by atoms with E-state index in [9.17, 15) is 9.59 Å². The van der Waals surface area contributed by atoms with Gasteiger partial charge in [-0.25, -0.2) is 9.78 Å². The van der Waals surface area contributed by atoms with E-state index in [0.29, 0.717) is 5.69 Å². The van der Waals surface area contributed by atoms with Crippen LogP contribution in [0.5, 0.6) is 0 Å². The highest BCUT2D eigenvalue weighted by atomic mass is 35.5. The quantitative estimate of drug-likeness (QED) is 0.626. The Balaban J connectivity index is 1.90. The van der Waals surface area contributed by atoms with Crippen molar-refractivity contribution in [3.05, 3.63) is 57.8 Å². The molecule has 5 nitrogen and oxygen atoms in total. The molecule has 0 saturated carbocycles. The molecule has 0 aliphatic carbocycles. The van der Waals surface area contributed by atoms with Gasteiger partial charge in [0.1, 0.15) is 5.15 Å². The summed E-state index contributed by atoms with van der Waals surface area (Å²) in [6, 6.07) is 8.85. The maximum absolute atomic E-state index is 11.9. The van der Waals surface area contributed by atoms with E-state index in [4.69, 9.17) is 27.9 Å². The number of rotatable bonds is 4. The lowest BCUT2D eigenvalue weighted by Gasteiger charge is -2.19. The second-order valence-electron chi connectivity index (χ2n) is 6.45. The van der Waals surface area contributed by atoms with Crippen LogP contribution in [-0.2, 0) is 14.9 Å². The van der Waals surface area contributed by atoms with Crippen LogP contribution in [0.4, 0.5) is 5.69 Å². The normalized spacial score (nSPS) is 11.1. The Morgan fingerprint density at radius 3 is 2.36 bits per heavy atom. The molecule has 0 saturated heterocycles. The highest BCUT2D eigenvalue weighted by Crippen LogP contribution is 2.23. The van der Waals surface area contributed by atoms with Crippen LogP contribution in [0.1, 0.15) is 36.7 Å². The molecule has 1 aromatic carbocycles. The molecular weight excluding hydrogens is 363 g/mol. The number of nitrogens with one attached hydrogen (secondary N) is 1. The fourth-order valence-corrected chi connectivity index (χ4v) is 2.27. The number of esters is 1. The summed E-state index contributed by atoms with van der Waals surface area (Å²) in [4.78, 5) is 27.5. The lowest BCUT2D eigenvalue weighted by Crippen LogP contribution is -2.21. The van der Waals surface area contributed by atoms with E-state index in [1.807, 2.05) is 24.3 Å². The molecule has 1 heterocycles. The van der Waals surface area contributed by atoms with Crippen molar-refractivity contribution in [3.63, 3.8) is 0 Å².